The molecule has 7 aromatic carbocycles. The van der Waals surface area contributed by atoms with Gasteiger partial charge in [0, 0.05) is 0 Å². The summed E-state index contributed by atoms with van der Waals surface area (Å²) in [6.45, 7) is 0. The van der Waals surface area contributed by atoms with Crippen LogP contribution in [0.1, 0.15) is 0 Å². The van der Waals surface area contributed by atoms with Crippen LogP contribution in [-0.4, -0.2) is 0 Å². The smallest absolute Gasteiger partial charge is 1.00 e. The van der Waals surface area contributed by atoms with E-state index in [4.69, 9.17) is 0 Å². The quantitative estimate of drug-likeness (QED) is 0.150. The van der Waals surface area contributed by atoms with Crippen LogP contribution in [0.3, 0.4) is 0 Å². The minimum atomic E-state index is -0.493. The first-order chi connectivity index (χ1) is 17.4. The van der Waals surface area contributed by atoms with Crippen LogP contribution < -0.4 is 40.7 Å². The van der Waals surface area contributed by atoms with Gasteiger partial charge >= 0.3 is 25.8 Å². The van der Waals surface area contributed by atoms with E-state index in [9.17, 15) is 0 Å². The fraction of sp³-hybridized carbons (Fsp3) is 0. The average Bonchev–Trinajstić information content (AvgIpc) is 3.52. The maximum atomic E-state index is 2.35. The predicted octanol–water partition coefficient (Wildman–Crippen LogP) is 2.03. The van der Waals surface area contributed by atoms with Gasteiger partial charge in [0.05, 0.1) is 0 Å². The Morgan fingerprint density at radius 3 is 1.34 bits per heavy atom. The van der Waals surface area contributed by atoms with Gasteiger partial charge in [-0.15, -0.1) is 80.1 Å². The fourth-order valence-corrected chi connectivity index (χ4v) is 7.14. The monoisotopic (exact) mass is 714 g/mol. The third-order valence-corrected chi connectivity index (χ3v) is 8.82. The van der Waals surface area contributed by atoms with Gasteiger partial charge in [0.15, 0.2) is 0 Å². The van der Waals surface area contributed by atoms with Crippen molar-refractivity contribution in [3.05, 3.63) is 152 Å². The number of fused-ring (bicyclic) bond motifs is 4. The minimum Gasteiger partial charge on any atom is -1.00 e. The van der Waals surface area contributed by atoms with Crippen LogP contribution in [-0.2, 0) is 25.8 Å². The second kappa shape index (κ2) is 14.0. The van der Waals surface area contributed by atoms with Crippen LogP contribution in [0.15, 0.2) is 152 Å². The van der Waals surface area contributed by atoms with Crippen molar-refractivity contribution in [2.24, 2.45) is 0 Å². The SMILES string of the molecule is [Cl-].[Cl-].[Hf+4].c1ccc(P(c2ccccc2)c2cc3ccccc3[cH-]2)cc1.c1ccc2c(c1)[cH-]c1ccccc12. The molecule has 4 heteroatoms. The molecular weight excluding hydrogens is 689 g/mol. The van der Waals surface area contributed by atoms with Crippen molar-refractivity contribution in [1.82, 2.24) is 0 Å². The van der Waals surface area contributed by atoms with Gasteiger partial charge in [-0.2, -0.15) is 6.07 Å². The normalized spacial score (nSPS) is 10.2. The Hall–Kier alpha value is -2.54. The first-order valence-corrected chi connectivity index (χ1v) is 13.3. The van der Waals surface area contributed by atoms with Crippen molar-refractivity contribution in [1.29, 1.82) is 0 Å². The summed E-state index contributed by atoms with van der Waals surface area (Å²) in [6.07, 6.45) is 0. The van der Waals surface area contributed by atoms with Gasteiger partial charge in [0.25, 0.3) is 0 Å². The molecule has 0 saturated heterocycles. The van der Waals surface area contributed by atoms with Crippen molar-refractivity contribution < 1.29 is 50.7 Å². The first-order valence-electron chi connectivity index (χ1n) is 12.0. The molecule has 184 valence electrons. The van der Waals surface area contributed by atoms with Gasteiger partial charge in [-0.05, 0) is 18.5 Å². The van der Waals surface area contributed by atoms with Gasteiger partial charge in [-0.1, -0.05) is 103 Å². The second-order valence-corrected chi connectivity index (χ2v) is 10.9. The minimum absolute atomic E-state index is 0. The van der Waals surface area contributed by atoms with Gasteiger partial charge in [0.1, 0.15) is 0 Å². The Morgan fingerprint density at radius 2 is 0.842 bits per heavy atom. The van der Waals surface area contributed by atoms with Crippen LogP contribution in [0, 0.1) is 0 Å². The second-order valence-electron chi connectivity index (χ2n) is 8.67. The molecule has 0 unspecified atom stereocenters. The summed E-state index contributed by atoms with van der Waals surface area (Å²) in [5, 5.41) is 12.3. The molecular formula is C34H25Cl2HfP. The average molecular weight is 714 g/mol. The summed E-state index contributed by atoms with van der Waals surface area (Å²) in [5.74, 6) is 0. The molecule has 0 saturated carbocycles. The fourth-order valence-electron chi connectivity index (χ4n) is 4.77. The summed E-state index contributed by atoms with van der Waals surface area (Å²) in [5.41, 5.74) is 0. The molecule has 7 aromatic rings. The molecule has 0 aliphatic heterocycles. The Balaban J connectivity index is 0.000000216. The third kappa shape index (κ3) is 6.36. The van der Waals surface area contributed by atoms with E-state index in [1.807, 2.05) is 0 Å². The summed E-state index contributed by atoms with van der Waals surface area (Å²) in [6, 6.07) is 54.3. The van der Waals surface area contributed by atoms with Crippen molar-refractivity contribution in [3.63, 3.8) is 0 Å². The molecule has 0 spiro atoms. The zero-order valence-electron chi connectivity index (χ0n) is 20.6. The molecule has 7 rings (SSSR count). The molecule has 0 amide bonds. The van der Waals surface area contributed by atoms with E-state index in [1.54, 1.807) is 0 Å². The molecule has 0 fully saturated rings. The van der Waals surface area contributed by atoms with Crippen LogP contribution >= 0.6 is 7.92 Å². The van der Waals surface area contributed by atoms with Gasteiger partial charge < -0.3 is 24.8 Å². The van der Waals surface area contributed by atoms with Crippen molar-refractivity contribution in [3.8, 4) is 0 Å². The van der Waals surface area contributed by atoms with E-state index < -0.39 is 7.92 Å². The molecule has 0 atom stereocenters. The molecule has 38 heavy (non-hydrogen) atoms. The Kier molecular flexibility index (Phi) is 11.1. The van der Waals surface area contributed by atoms with E-state index in [0.29, 0.717) is 0 Å². The van der Waals surface area contributed by atoms with Gasteiger partial charge in [-0.3, -0.25) is 0 Å². The van der Waals surface area contributed by atoms with Crippen molar-refractivity contribution >= 4 is 56.2 Å². The first kappa shape index (κ1) is 30.0. The van der Waals surface area contributed by atoms with E-state index in [2.05, 4.69) is 152 Å². The summed E-state index contributed by atoms with van der Waals surface area (Å²) < 4.78 is 0. The molecule has 0 radical (unpaired) electrons. The molecule has 0 heterocycles. The summed E-state index contributed by atoms with van der Waals surface area (Å²) >= 11 is 0. The molecule has 0 bridgehead atoms. The number of hydrogen-bond donors (Lipinski definition) is 0. The molecule has 0 aliphatic carbocycles. The Labute approximate surface area is 256 Å². The largest absolute Gasteiger partial charge is 4.00 e. The maximum Gasteiger partial charge on any atom is 4.00 e. The van der Waals surface area contributed by atoms with E-state index in [0.717, 1.165) is 0 Å². The Bertz CT molecular complexity index is 1580. The molecule has 0 N–H and O–H groups in total. The summed E-state index contributed by atoms with van der Waals surface area (Å²) in [4.78, 5) is 0. The van der Waals surface area contributed by atoms with Crippen molar-refractivity contribution in [2.45, 2.75) is 0 Å². The van der Waals surface area contributed by atoms with Crippen LogP contribution in [0.4, 0.5) is 0 Å². The maximum absolute atomic E-state index is 2.35. The predicted molar refractivity (Wildman–Crippen MR) is 155 cm³/mol. The zero-order chi connectivity index (χ0) is 23.5. The van der Waals surface area contributed by atoms with E-state index >= 15 is 0 Å². The number of hydrogen-bond acceptors (Lipinski definition) is 0. The van der Waals surface area contributed by atoms with Gasteiger partial charge in [0.2, 0.25) is 0 Å². The number of benzene rings is 5. The third-order valence-electron chi connectivity index (χ3n) is 6.41. The van der Waals surface area contributed by atoms with Gasteiger partial charge in [-0.25, -0.2) is 0 Å². The number of halogens is 2. The summed E-state index contributed by atoms with van der Waals surface area (Å²) in [7, 11) is -0.493. The van der Waals surface area contributed by atoms with Crippen molar-refractivity contribution in [2.75, 3.05) is 0 Å². The zero-order valence-corrected chi connectivity index (χ0v) is 26.6. The molecule has 0 aliphatic rings. The van der Waals surface area contributed by atoms with Crippen LogP contribution in [0.25, 0.3) is 32.3 Å². The topological polar surface area (TPSA) is 0 Å². The Morgan fingerprint density at radius 1 is 0.421 bits per heavy atom. The van der Waals surface area contributed by atoms with E-state index in [1.165, 1.54) is 48.2 Å². The molecule has 0 nitrogen and oxygen atoms in total. The van der Waals surface area contributed by atoms with E-state index in [-0.39, 0.29) is 50.7 Å². The molecule has 0 aromatic heterocycles. The van der Waals surface area contributed by atoms with Crippen LogP contribution in [0.5, 0.6) is 0 Å². The van der Waals surface area contributed by atoms with Crippen LogP contribution in [0.2, 0.25) is 0 Å². The number of rotatable bonds is 3. The standard InChI is InChI=1S/C21H16P.C13H9.2ClH.Hf/c1-3-11-19(12-4-1)22(20-13-5-2-6-14-20)21-15-17-9-7-8-10-18(17)16-21;1-3-7-12-10(5-1)9-11-6-2-4-8-13(11)12;;;/h1-16H;1-9H;2*1H;/q2*-1;;;+4/p-2.